The molecule has 0 radical (unpaired) electrons. The fraction of sp³-hybridized carbons (Fsp3) is 0.929. The van der Waals surface area contributed by atoms with Gasteiger partial charge < -0.3 is 14.9 Å². The third-order valence-electron chi connectivity index (χ3n) is 3.64. The van der Waals surface area contributed by atoms with E-state index in [1.807, 2.05) is 6.92 Å². The fourth-order valence-electron chi connectivity index (χ4n) is 2.65. The third kappa shape index (κ3) is 5.83. The Kier molecular flexibility index (Phi) is 7.28. The number of aliphatic hydroxyl groups excluding tert-OH is 2. The average Bonchev–Trinajstić information content (AvgIpc) is 2.62. The van der Waals surface area contributed by atoms with Crippen molar-refractivity contribution in [3.05, 3.63) is 0 Å². The molecule has 106 valence electrons. The van der Waals surface area contributed by atoms with Gasteiger partial charge in [0.25, 0.3) is 0 Å². The highest BCUT2D eigenvalue weighted by Crippen LogP contribution is 2.30. The molecule has 18 heavy (non-hydrogen) atoms. The molecule has 0 aromatic rings. The summed E-state index contributed by atoms with van der Waals surface area (Å²) < 4.78 is 4.86. The summed E-state index contributed by atoms with van der Waals surface area (Å²) >= 11 is 0. The number of unbranched alkanes of at least 4 members (excludes halogenated alkanes) is 3. The van der Waals surface area contributed by atoms with Gasteiger partial charge in [0.05, 0.1) is 18.8 Å². The zero-order chi connectivity index (χ0) is 13.4. The summed E-state index contributed by atoms with van der Waals surface area (Å²) in [6.07, 6.45) is 6.20. The Labute approximate surface area is 109 Å². The van der Waals surface area contributed by atoms with Crippen LogP contribution < -0.4 is 0 Å². The maximum absolute atomic E-state index is 11.1. The first-order valence-electron chi connectivity index (χ1n) is 7.15. The van der Waals surface area contributed by atoms with Crippen LogP contribution in [0.1, 0.15) is 58.3 Å². The van der Waals surface area contributed by atoms with Crippen LogP contribution in [0.5, 0.6) is 0 Å². The van der Waals surface area contributed by atoms with Crippen LogP contribution in [0.3, 0.4) is 0 Å². The predicted molar refractivity (Wildman–Crippen MR) is 69.1 cm³/mol. The molecule has 0 aliphatic heterocycles. The highest BCUT2D eigenvalue weighted by Gasteiger charge is 2.30. The minimum Gasteiger partial charge on any atom is -0.466 e. The van der Waals surface area contributed by atoms with Gasteiger partial charge in [-0.2, -0.15) is 0 Å². The van der Waals surface area contributed by atoms with Gasteiger partial charge in [-0.15, -0.1) is 0 Å². The van der Waals surface area contributed by atoms with Gasteiger partial charge in [0.15, 0.2) is 0 Å². The van der Waals surface area contributed by atoms with E-state index in [0.29, 0.717) is 19.4 Å². The fourth-order valence-corrected chi connectivity index (χ4v) is 2.65. The van der Waals surface area contributed by atoms with Crippen molar-refractivity contribution in [2.45, 2.75) is 70.5 Å². The van der Waals surface area contributed by atoms with Gasteiger partial charge in [0.2, 0.25) is 0 Å². The van der Waals surface area contributed by atoms with E-state index in [1.165, 1.54) is 0 Å². The van der Waals surface area contributed by atoms with Gasteiger partial charge in [0.1, 0.15) is 0 Å². The van der Waals surface area contributed by atoms with E-state index in [4.69, 9.17) is 4.74 Å². The molecule has 3 atom stereocenters. The first-order chi connectivity index (χ1) is 8.63. The average molecular weight is 258 g/mol. The number of ether oxygens (including phenoxy) is 1. The third-order valence-corrected chi connectivity index (χ3v) is 3.64. The normalized spacial score (nSPS) is 27.4. The molecular weight excluding hydrogens is 232 g/mol. The zero-order valence-electron chi connectivity index (χ0n) is 11.3. The van der Waals surface area contributed by atoms with Crippen LogP contribution in [0.25, 0.3) is 0 Å². The van der Waals surface area contributed by atoms with Crippen molar-refractivity contribution < 1.29 is 19.7 Å². The van der Waals surface area contributed by atoms with Gasteiger partial charge in [-0.1, -0.05) is 19.3 Å². The van der Waals surface area contributed by atoms with Crippen LogP contribution in [0.2, 0.25) is 0 Å². The van der Waals surface area contributed by atoms with Gasteiger partial charge >= 0.3 is 5.97 Å². The number of hydrogen-bond acceptors (Lipinski definition) is 4. The first-order valence-corrected chi connectivity index (χ1v) is 7.15. The number of aliphatic hydroxyl groups is 2. The molecule has 0 aromatic heterocycles. The maximum Gasteiger partial charge on any atom is 0.305 e. The van der Waals surface area contributed by atoms with Gasteiger partial charge in [0, 0.05) is 6.42 Å². The van der Waals surface area contributed by atoms with E-state index in [-0.39, 0.29) is 24.1 Å². The number of hydrogen-bond donors (Lipinski definition) is 2. The second-order valence-electron chi connectivity index (χ2n) is 5.21. The van der Waals surface area contributed by atoms with Gasteiger partial charge in [-0.3, -0.25) is 4.79 Å². The summed E-state index contributed by atoms with van der Waals surface area (Å²) in [4.78, 5) is 11.1. The molecule has 0 amide bonds. The molecular formula is C14H26O4. The SMILES string of the molecule is CCOC(=O)CCCCCCC1CC(O)CC1O. The van der Waals surface area contributed by atoms with E-state index < -0.39 is 0 Å². The van der Waals surface area contributed by atoms with Crippen LogP contribution in [0.15, 0.2) is 0 Å². The molecule has 1 rings (SSSR count). The second kappa shape index (κ2) is 8.48. The van der Waals surface area contributed by atoms with Crippen molar-refractivity contribution in [2.75, 3.05) is 6.61 Å². The topological polar surface area (TPSA) is 66.8 Å². The van der Waals surface area contributed by atoms with Crippen molar-refractivity contribution >= 4 is 5.97 Å². The Morgan fingerprint density at radius 2 is 1.89 bits per heavy atom. The number of esters is 1. The smallest absolute Gasteiger partial charge is 0.305 e. The standard InChI is InChI=1S/C14H26O4/c1-2-18-14(17)8-6-4-3-5-7-11-9-12(15)10-13(11)16/h11-13,15-16H,2-10H2,1H3. The molecule has 0 saturated heterocycles. The summed E-state index contributed by atoms with van der Waals surface area (Å²) in [5.41, 5.74) is 0. The van der Waals surface area contributed by atoms with E-state index in [2.05, 4.69) is 0 Å². The van der Waals surface area contributed by atoms with Gasteiger partial charge in [-0.05, 0) is 38.5 Å². The van der Waals surface area contributed by atoms with Crippen molar-refractivity contribution in [2.24, 2.45) is 5.92 Å². The molecule has 1 saturated carbocycles. The van der Waals surface area contributed by atoms with Crippen LogP contribution in [-0.4, -0.2) is 35.0 Å². The Hall–Kier alpha value is -0.610. The summed E-state index contributed by atoms with van der Waals surface area (Å²) in [5, 5.41) is 19.1. The molecule has 3 unspecified atom stereocenters. The highest BCUT2D eigenvalue weighted by molar-refractivity contribution is 5.69. The van der Waals surface area contributed by atoms with Crippen molar-refractivity contribution in [1.29, 1.82) is 0 Å². The van der Waals surface area contributed by atoms with Crippen LogP contribution >= 0.6 is 0 Å². The van der Waals surface area contributed by atoms with Gasteiger partial charge in [-0.25, -0.2) is 0 Å². The lowest BCUT2D eigenvalue weighted by atomic mass is 9.97. The molecule has 4 nitrogen and oxygen atoms in total. The lowest BCUT2D eigenvalue weighted by Gasteiger charge is -2.13. The molecule has 1 aliphatic rings. The largest absolute Gasteiger partial charge is 0.466 e. The monoisotopic (exact) mass is 258 g/mol. The Morgan fingerprint density at radius 1 is 1.17 bits per heavy atom. The molecule has 4 heteroatoms. The highest BCUT2D eigenvalue weighted by atomic mass is 16.5. The van der Waals surface area contributed by atoms with Crippen LogP contribution in [0.4, 0.5) is 0 Å². The number of rotatable bonds is 8. The molecule has 0 aromatic carbocycles. The molecule has 1 fully saturated rings. The quantitative estimate of drug-likeness (QED) is 0.516. The van der Waals surface area contributed by atoms with Crippen molar-refractivity contribution in [3.63, 3.8) is 0 Å². The Morgan fingerprint density at radius 3 is 2.50 bits per heavy atom. The minimum absolute atomic E-state index is 0.105. The number of carbonyl (C=O) groups excluding carboxylic acids is 1. The molecule has 1 aliphatic carbocycles. The molecule has 2 N–H and O–H groups in total. The predicted octanol–water partition coefficient (Wildman–Crippen LogP) is 2.02. The summed E-state index contributed by atoms with van der Waals surface area (Å²) in [5.74, 6) is 0.164. The lowest BCUT2D eigenvalue weighted by Crippen LogP contribution is -2.12. The summed E-state index contributed by atoms with van der Waals surface area (Å²) in [7, 11) is 0. The van der Waals surface area contributed by atoms with E-state index in [9.17, 15) is 15.0 Å². The second-order valence-corrected chi connectivity index (χ2v) is 5.21. The lowest BCUT2D eigenvalue weighted by molar-refractivity contribution is -0.143. The molecule has 0 spiro atoms. The Balaban J connectivity index is 1.94. The molecule has 0 bridgehead atoms. The molecule has 0 heterocycles. The van der Waals surface area contributed by atoms with Crippen LogP contribution in [0, 0.1) is 5.92 Å². The van der Waals surface area contributed by atoms with E-state index >= 15 is 0 Å². The summed E-state index contributed by atoms with van der Waals surface area (Å²) in [6.45, 7) is 2.28. The summed E-state index contributed by atoms with van der Waals surface area (Å²) in [6, 6.07) is 0. The van der Waals surface area contributed by atoms with Crippen molar-refractivity contribution in [1.82, 2.24) is 0 Å². The maximum atomic E-state index is 11.1. The van der Waals surface area contributed by atoms with E-state index in [1.54, 1.807) is 0 Å². The van der Waals surface area contributed by atoms with Crippen molar-refractivity contribution in [3.8, 4) is 0 Å². The zero-order valence-corrected chi connectivity index (χ0v) is 11.3. The number of carbonyl (C=O) groups is 1. The van der Waals surface area contributed by atoms with E-state index in [0.717, 1.165) is 38.5 Å². The Bertz CT molecular complexity index is 242. The minimum atomic E-state index is -0.320. The van der Waals surface area contributed by atoms with Crippen LogP contribution in [-0.2, 0) is 9.53 Å². The first kappa shape index (κ1) is 15.4.